The van der Waals surface area contributed by atoms with Crippen LogP contribution in [-0.4, -0.2) is 37.3 Å². The number of aliphatic imine (C=N–C) groups is 1. The molecule has 6 heteroatoms. The first-order chi connectivity index (χ1) is 12.4. The smallest absolute Gasteiger partial charge is 0.191 e. The summed E-state index contributed by atoms with van der Waals surface area (Å²) in [6, 6.07) is 4.37. The Bertz CT molecular complexity index is 701. The van der Waals surface area contributed by atoms with E-state index in [1.165, 1.54) is 18.2 Å². The summed E-state index contributed by atoms with van der Waals surface area (Å²) in [4.78, 5) is 4.54. The summed E-state index contributed by atoms with van der Waals surface area (Å²) in [5.74, 6) is 0.171. The number of halogens is 2. The first kappa shape index (κ1) is 17.7. The van der Waals surface area contributed by atoms with Gasteiger partial charge in [0.1, 0.15) is 11.6 Å². The van der Waals surface area contributed by atoms with Crippen LogP contribution in [0.4, 0.5) is 8.78 Å². The minimum absolute atomic E-state index is 0.0120. The van der Waals surface area contributed by atoms with Gasteiger partial charge in [-0.25, -0.2) is 8.78 Å². The molecule has 2 aliphatic carbocycles. The number of nitrogens with one attached hydrogen (secondary N) is 2. The van der Waals surface area contributed by atoms with Crippen LogP contribution in [0.5, 0.6) is 0 Å². The second-order valence-electron chi connectivity index (χ2n) is 8.24. The van der Waals surface area contributed by atoms with E-state index >= 15 is 0 Å². The lowest BCUT2D eigenvalue weighted by atomic mass is 9.57. The Labute approximate surface area is 153 Å². The molecule has 2 N–H and O–H groups in total. The van der Waals surface area contributed by atoms with Crippen LogP contribution in [0.1, 0.15) is 45.1 Å². The quantitative estimate of drug-likeness (QED) is 0.638. The molecule has 5 unspecified atom stereocenters. The predicted molar refractivity (Wildman–Crippen MR) is 97.2 cm³/mol. The fourth-order valence-corrected chi connectivity index (χ4v) is 4.77. The van der Waals surface area contributed by atoms with Crippen molar-refractivity contribution >= 4 is 5.96 Å². The fraction of sp³-hybridized carbons (Fsp3) is 0.650. The summed E-state index contributed by atoms with van der Waals surface area (Å²) in [7, 11) is 0. The zero-order chi connectivity index (χ0) is 18.5. The average Bonchev–Trinajstić information content (AvgIpc) is 3.17. The van der Waals surface area contributed by atoms with Gasteiger partial charge in [0.25, 0.3) is 0 Å². The van der Waals surface area contributed by atoms with Gasteiger partial charge in [-0.3, -0.25) is 4.99 Å². The lowest BCUT2D eigenvalue weighted by molar-refractivity contribution is -0.106. The molecule has 142 valence electrons. The Kier molecular flexibility index (Phi) is 4.41. The Morgan fingerprint density at radius 3 is 2.69 bits per heavy atom. The summed E-state index contributed by atoms with van der Waals surface area (Å²) < 4.78 is 33.8. The minimum atomic E-state index is -0.465. The van der Waals surface area contributed by atoms with E-state index < -0.39 is 11.6 Å². The van der Waals surface area contributed by atoms with Crippen molar-refractivity contribution in [1.29, 1.82) is 0 Å². The van der Waals surface area contributed by atoms with E-state index in [2.05, 4.69) is 29.5 Å². The molecule has 0 radical (unpaired) electrons. The molecule has 1 aliphatic heterocycles. The normalized spacial score (nSPS) is 34.8. The third-order valence-corrected chi connectivity index (χ3v) is 6.19. The highest BCUT2D eigenvalue weighted by Gasteiger charge is 2.59. The third-order valence-electron chi connectivity index (χ3n) is 6.19. The number of benzene rings is 1. The van der Waals surface area contributed by atoms with Crippen molar-refractivity contribution in [1.82, 2.24) is 10.6 Å². The van der Waals surface area contributed by atoms with Crippen molar-refractivity contribution in [2.24, 2.45) is 16.3 Å². The standard InChI is InChI=1S/C20H27F2N3O/c1-4-23-19(25-17-11-8-9-26-18(11)20(17,2)3)24-15-10-12(15)16-13(21)6-5-7-14(16)22/h5-7,11-12,15,17-18H,4,8-10H2,1-3H3,(H2,23,24,25). The van der Waals surface area contributed by atoms with Gasteiger partial charge in [-0.15, -0.1) is 0 Å². The van der Waals surface area contributed by atoms with E-state index in [0.29, 0.717) is 31.0 Å². The zero-order valence-corrected chi connectivity index (χ0v) is 15.6. The van der Waals surface area contributed by atoms with Crippen molar-refractivity contribution in [3.8, 4) is 0 Å². The van der Waals surface area contributed by atoms with Crippen LogP contribution >= 0.6 is 0 Å². The number of hydrogen-bond acceptors (Lipinski definition) is 2. The van der Waals surface area contributed by atoms with Gasteiger partial charge in [0.15, 0.2) is 5.96 Å². The number of ether oxygens (including phenoxy) is 1. The molecule has 0 bridgehead atoms. The molecule has 0 spiro atoms. The molecule has 4 nitrogen and oxygen atoms in total. The molecule has 1 saturated heterocycles. The second kappa shape index (κ2) is 6.48. The van der Waals surface area contributed by atoms with Gasteiger partial charge in [0.05, 0.1) is 6.10 Å². The van der Waals surface area contributed by atoms with E-state index in [1.807, 2.05) is 6.92 Å². The van der Waals surface area contributed by atoms with Gasteiger partial charge in [0.2, 0.25) is 0 Å². The molecule has 26 heavy (non-hydrogen) atoms. The van der Waals surface area contributed by atoms with Gasteiger partial charge in [-0.1, -0.05) is 19.9 Å². The maximum Gasteiger partial charge on any atom is 0.191 e. The largest absolute Gasteiger partial charge is 0.377 e. The Morgan fingerprint density at radius 2 is 2.00 bits per heavy atom. The van der Waals surface area contributed by atoms with Gasteiger partial charge >= 0.3 is 0 Å². The molecular weight excluding hydrogens is 336 g/mol. The molecule has 4 rings (SSSR count). The van der Waals surface area contributed by atoms with Crippen LogP contribution in [-0.2, 0) is 4.74 Å². The van der Waals surface area contributed by atoms with Crippen LogP contribution in [0.2, 0.25) is 0 Å². The topological polar surface area (TPSA) is 45.7 Å². The molecule has 0 aromatic heterocycles. The molecule has 3 fully saturated rings. The summed E-state index contributed by atoms with van der Waals surface area (Å²) in [5, 5.41) is 6.94. The first-order valence-corrected chi connectivity index (χ1v) is 9.56. The summed E-state index contributed by atoms with van der Waals surface area (Å²) in [6.07, 6.45) is 2.09. The first-order valence-electron chi connectivity index (χ1n) is 9.56. The molecular formula is C20H27F2N3O. The molecule has 1 aromatic carbocycles. The molecule has 0 amide bonds. The van der Waals surface area contributed by atoms with Crippen molar-refractivity contribution in [2.75, 3.05) is 13.2 Å². The van der Waals surface area contributed by atoms with Gasteiger partial charge in [0, 0.05) is 48.0 Å². The zero-order valence-electron chi connectivity index (χ0n) is 15.6. The van der Waals surface area contributed by atoms with Crippen LogP contribution < -0.4 is 10.6 Å². The number of hydrogen-bond donors (Lipinski definition) is 2. The maximum atomic E-state index is 14.0. The molecule has 5 atom stereocenters. The Morgan fingerprint density at radius 1 is 1.27 bits per heavy atom. The van der Waals surface area contributed by atoms with Crippen molar-refractivity contribution in [3.05, 3.63) is 35.4 Å². The van der Waals surface area contributed by atoms with Crippen LogP contribution in [0, 0.1) is 23.0 Å². The Balaban J connectivity index is 1.42. The number of guanidine groups is 1. The fourth-order valence-electron chi connectivity index (χ4n) is 4.77. The maximum absolute atomic E-state index is 14.0. The van der Waals surface area contributed by atoms with E-state index in [0.717, 1.165) is 19.0 Å². The lowest BCUT2D eigenvalue weighted by Gasteiger charge is -2.55. The second-order valence-corrected chi connectivity index (χ2v) is 8.24. The van der Waals surface area contributed by atoms with Crippen LogP contribution in [0.15, 0.2) is 23.2 Å². The number of nitrogens with zero attached hydrogens (tertiary/aromatic N) is 1. The summed E-state index contributed by atoms with van der Waals surface area (Å²) >= 11 is 0. The van der Waals surface area contributed by atoms with Crippen molar-refractivity contribution in [3.63, 3.8) is 0 Å². The molecule has 2 saturated carbocycles. The van der Waals surface area contributed by atoms with E-state index in [-0.39, 0.29) is 22.9 Å². The van der Waals surface area contributed by atoms with Crippen molar-refractivity contribution < 1.29 is 13.5 Å². The number of fused-ring (bicyclic) bond motifs is 1. The van der Waals surface area contributed by atoms with Crippen LogP contribution in [0.25, 0.3) is 0 Å². The van der Waals surface area contributed by atoms with Crippen LogP contribution in [0.3, 0.4) is 0 Å². The van der Waals surface area contributed by atoms with E-state index in [9.17, 15) is 8.78 Å². The minimum Gasteiger partial charge on any atom is -0.377 e. The highest BCUT2D eigenvalue weighted by atomic mass is 19.1. The monoisotopic (exact) mass is 363 g/mol. The number of rotatable bonds is 4. The summed E-state index contributed by atoms with van der Waals surface area (Å²) in [5.41, 5.74) is 0.242. The van der Waals surface area contributed by atoms with Gasteiger partial charge in [-0.2, -0.15) is 0 Å². The highest BCUT2D eigenvalue weighted by molar-refractivity contribution is 5.81. The molecule has 1 heterocycles. The summed E-state index contributed by atoms with van der Waals surface area (Å²) in [6.45, 7) is 7.89. The van der Waals surface area contributed by atoms with E-state index in [4.69, 9.17) is 4.74 Å². The Hall–Kier alpha value is -1.69. The highest BCUT2D eigenvalue weighted by Crippen LogP contribution is 2.52. The van der Waals surface area contributed by atoms with Crippen molar-refractivity contribution in [2.45, 2.75) is 57.7 Å². The average molecular weight is 363 g/mol. The van der Waals surface area contributed by atoms with Gasteiger partial charge in [-0.05, 0) is 31.9 Å². The lowest BCUT2D eigenvalue weighted by Crippen LogP contribution is -2.68. The van der Waals surface area contributed by atoms with Gasteiger partial charge < -0.3 is 15.4 Å². The molecule has 1 aromatic rings. The third kappa shape index (κ3) is 2.88. The predicted octanol–water partition coefficient (Wildman–Crippen LogP) is 3.19. The molecule has 3 aliphatic rings. The SMILES string of the molecule is CCN=C(NC1CC1c1c(F)cccc1F)NC1C2CCOC2C1(C)C. The van der Waals surface area contributed by atoms with E-state index in [1.54, 1.807) is 0 Å².